The predicted octanol–water partition coefficient (Wildman–Crippen LogP) is 0.459. The van der Waals surface area contributed by atoms with Crippen LogP contribution >= 0.6 is 0 Å². The first-order chi connectivity index (χ1) is 7.25. The second-order valence-electron chi connectivity index (χ2n) is 4.23. The monoisotopic (exact) mass is 210 g/mol. The van der Waals surface area contributed by atoms with Crippen molar-refractivity contribution in [2.45, 2.75) is 32.2 Å². The highest BCUT2D eigenvalue weighted by atomic mass is 16.5. The lowest BCUT2D eigenvalue weighted by molar-refractivity contribution is 0.0764. The first-order valence-corrected chi connectivity index (χ1v) is 5.48. The second kappa shape index (κ2) is 4.72. The minimum absolute atomic E-state index is 0.367. The highest BCUT2D eigenvalue weighted by Gasteiger charge is 2.16. The summed E-state index contributed by atoms with van der Waals surface area (Å²) in [5, 5.41) is 10.5. The molecule has 2 heterocycles. The Morgan fingerprint density at radius 3 is 3.00 bits per heavy atom. The van der Waals surface area contributed by atoms with Crippen molar-refractivity contribution < 1.29 is 4.74 Å². The van der Waals surface area contributed by atoms with Crippen LogP contribution in [0.25, 0.3) is 0 Å². The maximum Gasteiger partial charge on any atom is 0.153 e. The third kappa shape index (κ3) is 2.76. The summed E-state index contributed by atoms with van der Waals surface area (Å²) in [4.78, 5) is 4.44. The Morgan fingerprint density at radius 1 is 1.53 bits per heavy atom. The summed E-state index contributed by atoms with van der Waals surface area (Å²) in [6.45, 7) is 6.68. The van der Waals surface area contributed by atoms with Crippen molar-refractivity contribution in [1.29, 1.82) is 0 Å². The number of morpholine rings is 1. The SMILES string of the molecule is CC(C)c1n[nH]c(CC2COCCN2)n1. The van der Waals surface area contributed by atoms with Gasteiger partial charge >= 0.3 is 0 Å². The predicted molar refractivity (Wildman–Crippen MR) is 56.8 cm³/mol. The molecule has 1 aliphatic heterocycles. The lowest BCUT2D eigenvalue weighted by atomic mass is 10.2. The van der Waals surface area contributed by atoms with E-state index in [2.05, 4.69) is 34.3 Å². The number of H-pyrrole nitrogens is 1. The molecule has 1 aromatic heterocycles. The highest BCUT2D eigenvalue weighted by molar-refractivity contribution is 4.97. The topological polar surface area (TPSA) is 62.8 Å². The van der Waals surface area contributed by atoms with Crippen LogP contribution in [0.5, 0.6) is 0 Å². The summed E-state index contributed by atoms with van der Waals surface area (Å²) in [5.41, 5.74) is 0. The molecule has 0 aliphatic carbocycles. The summed E-state index contributed by atoms with van der Waals surface area (Å²) >= 11 is 0. The molecule has 1 saturated heterocycles. The van der Waals surface area contributed by atoms with Crippen molar-refractivity contribution in [3.63, 3.8) is 0 Å². The van der Waals surface area contributed by atoms with E-state index in [1.165, 1.54) is 0 Å². The third-order valence-corrected chi connectivity index (χ3v) is 2.50. The average molecular weight is 210 g/mol. The van der Waals surface area contributed by atoms with Crippen LogP contribution in [-0.2, 0) is 11.2 Å². The van der Waals surface area contributed by atoms with Crippen molar-refractivity contribution in [3.05, 3.63) is 11.6 Å². The van der Waals surface area contributed by atoms with Gasteiger partial charge in [0.1, 0.15) is 5.82 Å². The molecule has 0 aromatic carbocycles. The number of aromatic nitrogens is 3. The number of ether oxygens (including phenoxy) is 1. The molecule has 1 aliphatic rings. The molecule has 0 amide bonds. The van der Waals surface area contributed by atoms with Gasteiger partial charge in [0.2, 0.25) is 0 Å². The van der Waals surface area contributed by atoms with Crippen LogP contribution in [0.15, 0.2) is 0 Å². The first kappa shape index (κ1) is 10.6. The summed E-state index contributed by atoms with van der Waals surface area (Å²) in [5.74, 6) is 2.22. The molecule has 5 heteroatoms. The van der Waals surface area contributed by atoms with Crippen LogP contribution in [0, 0.1) is 0 Å². The van der Waals surface area contributed by atoms with E-state index in [1.807, 2.05) is 0 Å². The molecule has 1 aromatic rings. The van der Waals surface area contributed by atoms with Crippen LogP contribution in [-0.4, -0.2) is 41.0 Å². The molecule has 0 bridgehead atoms. The molecule has 5 nitrogen and oxygen atoms in total. The fourth-order valence-electron chi connectivity index (χ4n) is 1.64. The number of hydrogen-bond acceptors (Lipinski definition) is 4. The Balaban J connectivity index is 1.91. The smallest absolute Gasteiger partial charge is 0.153 e. The quantitative estimate of drug-likeness (QED) is 0.760. The highest BCUT2D eigenvalue weighted by Crippen LogP contribution is 2.09. The first-order valence-electron chi connectivity index (χ1n) is 5.48. The van der Waals surface area contributed by atoms with E-state index in [-0.39, 0.29) is 0 Å². The standard InChI is InChI=1S/C10H18N4O/c1-7(2)10-12-9(13-14-10)5-8-6-15-4-3-11-8/h7-8,11H,3-6H2,1-2H3,(H,12,13,14). The van der Waals surface area contributed by atoms with Gasteiger partial charge in [0, 0.05) is 24.9 Å². The fourth-order valence-corrected chi connectivity index (χ4v) is 1.64. The van der Waals surface area contributed by atoms with Gasteiger partial charge in [-0.2, -0.15) is 5.10 Å². The molecule has 15 heavy (non-hydrogen) atoms. The molecule has 1 fully saturated rings. The van der Waals surface area contributed by atoms with E-state index < -0.39 is 0 Å². The lowest BCUT2D eigenvalue weighted by Gasteiger charge is -2.22. The second-order valence-corrected chi connectivity index (χ2v) is 4.23. The van der Waals surface area contributed by atoms with Gasteiger partial charge in [-0.3, -0.25) is 5.10 Å². The van der Waals surface area contributed by atoms with E-state index in [0.717, 1.165) is 37.8 Å². The zero-order valence-corrected chi connectivity index (χ0v) is 9.29. The summed E-state index contributed by atoms with van der Waals surface area (Å²) in [6, 6.07) is 0.367. The number of rotatable bonds is 3. The number of nitrogens with one attached hydrogen (secondary N) is 2. The molecule has 84 valence electrons. The van der Waals surface area contributed by atoms with E-state index in [4.69, 9.17) is 4.74 Å². The Bertz CT molecular complexity index is 304. The van der Waals surface area contributed by atoms with Gasteiger partial charge in [-0.1, -0.05) is 13.8 Å². The van der Waals surface area contributed by atoms with Crippen LogP contribution in [0.1, 0.15) is 31.4 Å². The van der Waals surface area contributed by atoms with Crippen molar-refractivity contribution in [2.24, 2.45) is 0 Å². The van der Waals surface area contributed by atoms with Crippen molar-refractivity contribution >= 4 is 0 Å². The van der Waals surface area contributed by atoms with Gasteiger partial charge in [-0.25, -0.2) is 4.98 Å². The van der Waals surface area contributed by atoms with E-state index in [0.29, 0.717) is 12.0 Å². The van der Waals surface area contributed by atoms with E-state index >= 15 is 0 Å². The number of nitrogens with zero attached hydrogens (tertiary/aromatic N) is 2. The van der Waals surface area contributed by atoms with Gasteiger partial charge in [-0.15, -0.1) is 0 Å². The van der Waals surface area contributed by atoms with E-state index in [9.17, 15) is 0 Å². The van der Waals surface area contributed by atoms with Gasteiger partial charge < -0.3 is 10.1 Å². The summed E-state index contributed by atoms with van der Waals surface area (Å²) in [7, 11) is 0. The minimum Gasteiger partial charge on any atom is -0.379 e. The van der Waals surface area contributed by atoms with Crippen LogP contribution in [0.2, 0.25) is 0 Å². The molecule has 1 atom stereocenters. The van der Waals surface area contributed by atoms with Crippen molar-refractivity contribution in [3.8, 4) is 0 Å². The Kier molecular flexibility index (Phi) is 3.33. The van der Waals surface area contributed by atoms with E-state index in [1.54, 1.807) is 0 Å². The Morgan fingerprint density at radius 2 is 2.40 bits per heavy atom. The van der Waals surface area contributed by atoms with Gasteiger partial charge in [0.15, 0.2) is 5.82 Å². The maximum absolute atomic E-state index is 5.38. The van der Waals surface area contributed by atoms with Crippen LogP contribution < -0.4 is 5.32 Å². The molecule has 0 radical (unpaired) electrons. The molecular weight excluding hydrogens is 192 g/mol. The zero-order chi connectivity index (χ0) is 10.7. The van der Waals surface area contributed by atoms with Gasteiger partial charge in [0.05, 0.1) is 13.2 Å². The number of aromatic amines is 1. The summed E-state index contributed by atoms with van der Waals surface area (Å²) < 4.78 is 5.38. The molecule has 2 rings (SSSR count). The average Bonchev–Trinajstić information content (AvgIpc) is 2.68. The van der Waals surface area contributed by atoms with Gasteiger partial charge in [0.25, 0.3) is 0 Å². The Labute approximate surface area is 89.6 Å². The molecule has 2 N–H and O–H groups in total. The molecular formula is C10H18N4O. The largest absolute Gasteiger partial charge is 0.379 e. The van der Waals surface area contributed by atoms with Crippen LogP contribution in [0.4, 0.5) is 0 Å². The molecule has 0 spiro atoms. The minimum atomic E-state index is 0.367. The normalized spacial score (nSPS) is 22.2. The fraction of sp³-hybridized carbons (Fsp3) is 0.800. The maximum atomic E-state index is 5.38. The van der Waals surface area contributed by atoms with Crippen molar-refractivity contribution in [1.82, 2.24) is 20.5 Å². The number of hydrogen-bond donors (Lipinski definition) is 2. The summed E-state index contributed by atoms with van der Waals surface area (Å²) in [6.07, 6.45) is 0.861. The van der Waals surface area contributed by atoms with Gasteiger partial charge in [-0.05, 0) is 0 Å². The molecule has 0 saturated carbocycles. The Hall–Kier alpha value is -0.940. The van der Waals surface area contributed by atoms with Crippen LogP contribution in [0.3, 0.4) is 0 Å². The molecule has 1 unspecified atom stereocenters. The lowest BCUT2D eigenvalue weighted by Crippen LogP contribution is -2.42. The van der Waals surface area contributed by atoms with Crippen molar-refractivity contribution in [2.75, 3.05) is 19.8 Å². The zero-order valence-electron chi connectivity index (χ0n) is 9.29. The third-order valence-electron chi connectivity index (χ3n) is 2.50.